The van der Waals surface area contributed by atoms with Crippen LogP contribution in [0.5, 0.6) is 0 Å². The van der Waals surface area contributed by atoms with Gasteiger partial charge in [-0.2, -0.15) is 0 Å². The van der Waals surface area contributed by atoms with Gasteiger partial charge in [-0.3, -0.25) is 4.98 Å². The normalized spacial score (nSPS) is 18.9. The first-order valence-corrected chi connectivity index (χ1v) is 5.67. The molecule has 2 rings (SSSR count). The second-order valence-corrected chi connectivity index (χ2v) is 4.94. The third-order valence-corrected chi connectivity index (χ3v) is 2.77. The van der Waals surface area contributed by atoms with Crippen molar-refractivity contribution in [1.29, 1.82) is 0 Å². The molecule has 0 radical (unpaired) electrons. The Morgan fingerprint density at radius 1 is 1.27 bits per heavy atom. The molecule has 2 heteroatoms. The van der Waals surface area contributed by atoms with Gasteiger partial charge in [0.05, 0.1) is 0 Å². The van der Waals surface area contributed by atoms with Crippen LogP contribution in [-0.4, -0.2) is 18.1 Å². The quantitative estimate of drug-likeness (QED) is 0.706. The fraction of sp³-hybridized carbons (Fsp3) is 0.615. The Morgan fingerprint density at radius 2 is 1.93 bits per heavy atom. The van der Waals surface area contributed by atoms with Gasteiger partial charge in [0.2, 0.25) is 0 Å². The van der Waals surface area contributed by atoms with E-state index in [1.807, 2.05) is 25.3 Å². The number of pyridine rings is 1. The van der Waals surface area contributed by atoms with Crippen LogP contribution in [0.15, 0.2) is 24.5 Å². The van der Waals surface area contributed by atoms with E-state index >= 15 is 0 Å². The molecule has 0 amide bonds. The second kappa shape index (κ2) is 5.86. The van der Waals surface area contributed by atoms with Crippen molar-refractivity contribution in [2.45, 2.75) is 33.6 Å². The lowest BCUT2D eigenvalue weighted by molar-refractivity contribution is 0.259. The minimum atomic E-state index is 0.616. The Balaban J connectivity index is 0.000000151. The second-order valence-electron chi connectivity index (χ2n) is 4.94. The van der Waals surface area contributed by atoms with Gasteiger partial charge in [-0.15, -0.1) is 0 Å². The summed E-state index contributed by atoms with van der Waals surface area (Å²) in [6, 6.07) is 3.95. The molecular formula is C13H22N2. The minimum absolute atomic E-state index is 0.616. The standard InChI is InChI=1S/C7H15N.C6H7N/c1-7(2)3-5-8-6-4-7;1-6-3-2-4-7-5-6/h8H,3-6H2,1-2H3;2-5H,1H3. The van der Waals surface area contributed by atoms with Gasteiger partial charge in [0, 0.05) is 12.4 Å². The fourth-order valence-corrected chi connectivity index (χ4v) is 1.55. The lowest BCUT2D eigenvalue weighted by atomic mass is 9.83. The van der Waals surface area contributed by atoms with E-state index in [0.29, 0.717) is 5.41 Å². The molecule has 1 aromatic rings. The first-order chi connectivity index (χ1) is 7.10. The van der Waals surface area contributed by atoms with Gasteiger partial charge in [-0.05, 0) is 49.9 Å². The fourth-order valence-electron chi connectivity index (χ4n) is 1.55. The summed E-state index contributed by atoms with van der Waals surface area (Å²) < 4.78 is 0. The Morgan fingerprint density at radius 3 is 2.20 bits per heavy atom. The van der Waals surface area contributed by atoms with Crippen LogP contribution in [0.4, 0.5) is 0 Å². The van der Waals surface area contributed by atoms with Crippen LogP contribution < -0.4 is 5.32 Å². The summed E-state index contributed by atoms with van der Waals surface area (Å²) in [6.07, 6.45) is 6.28. The van der Waals surface area contributed by atoms with Crippen molar-refractivity contribution in [2.24, 2.45) is 5.41 Å². The number of nitrogens with zero attached hydrogens (tertiary/aromatic N) is 1. The molecule has 2 nitrogen and oxygen atoms in total. The molecule has 2 heterocycles. The third kappa shape index (κ3) is 5.53. The lowest BCUT2D eigenvalue weighted by Crippen LogP contribution is -2.32. The molecule has 1 saturated heterocycles. The molecule has 0 spiro atoms. The third-order valence-electron chi connectivity index (χ3n) is 2.77. The van der Waals surface area contributed by atoms with Crippen LogP contribution in [0.3, 0.4) is 0 Å². The SMILES string of the molecule is CC1(C)CCNCC1.Cc1cccnc1. The van der Waals surface area contributed by atoms with E-state index in [9.17, 15) is 0 Å². The Labute approximate surface area is 93.1 Å². The summed E-state index contributed by atoms with van der Waals surface area (Å²) >= 11 is 0. The molecule has 0 unspecified atom stereocenters. The summed E-state index contributed by atoms with van der Waals surface area (Å²) in [5.74, 6) is 0. The highest BCUT2D eigenvalue weighted by Gasteiger charge is 2.19. The van der Waals surface area contributed by atoms with Gasteiger partial charge in [-0.25, -0.2) is 0 Å². The summed E-state index contributed by atoms with van der Waals surface area (Å²) in [5, 5.41) is 3.34. The van der Waals surface area contributed by atoms with Crippen molar-refractivity contribution >= 4 is 0 Å². The maximum atomic E-state index is 3.88. The zero-order chi connectivity index (χ0) is 11.1. The van der Waals surface area contributed by atoms with Crippen LogP contribution in [-0.2, 0) is 0 Å². The minimum Gasteiger partial charge on any atom is -0.317 e. The van der Waals surface area contributed by atoms with Crippen LogP contribution in [0.25, 0.3) is 0 Å². The highest BCUT2D eigenvalue weighted by molar-refractivity contribution is 5.04. The van der Waals surface area contributed by atoms with E-state index in [4.69, 9.17) is 0 Å². The highest BCUT2D eigenvalue weighted by atomic mass is 14.9. The summed E-state index contributed by atoms with van der Waals surface area (Å²) in [7, 11) is 0. The van der Waals surface area contributed by atoms with E-state index in [2.05, 4.69) is 24.1 Å². The molecule has 1 fully saturated rings. The highest BCUT2D eigenvalue weighted by Crippen LogP contribution is 2.25. The Kier molecular flexibility index (Phi) is 4.76. The largest absolute Gasteiger partial charge is 0.317 e. The van der Waals surface area contributed by atoms with E-state index in [1.54, 1.807) is 6.20 Å². The molecule has 1 N–H and O–H groups in total. The zero-order valence-corrected chi connectivity index (χ0v) is 10.1. The zero-order valence-electron chi connectivity index (χ0n) is 10.1. The summed E-state index contributed by atoms with van der Waals surface area (Å²) in [4.78, 5) is 3.88. The number of rotatable bonds is 0. The number of aromatic nitrogens is 1. The van der Waals surface area contributed by atoms with E-state index < -0.39 is 0 Å². The van der Waals surface area contributed by atoms with Crippen molar-refractivity contribution in [3.8, 4) is 0 Å². The van der Waals surface area contributed by atoms with Crippen molar-refractivity contribution in [3.05, 3.63) is 30.1 Å². The van der Waals surface area contributed by atoms with Crippen LogP contribution >= 0.6 is 0 Å². The van der Waals surface area contributed by atoms with Crippen molar-refractivity contribution in [3.63, 3.8) is 0 Å². The molecule has 84 valence electrons. The van der Waals surface area contributed by atoms with E-state index in [0.717, 1.165) is 0 Å². The van der Waals surface area contributed by atoms with Crippen molar-refractivity contribution in [1.82, 2.24) is 10.3 Å². The monoisotopic (exact) mass is 206 g/mol. The van der Waals surface area contributed by atoms with Crippen molar-refractivity contribution in [2.75, 3.05) is 13.1 Å². The molecule has 0 atom stereocenters. The van der Waals surface area contributed by atoms with Gasteiger partial charge < -0.3 is 5.32 Å². The Hall–Kier alpha value is -0.890. The molecule has 1 aliphatic rings. The number of piperidine rings is 1. The van der Waals surface area contributed by atoms with Gasteiger partial charge in [-0.1, -0.05) is 19.9 Å². The maximum Gasteiger partial charge on any atom is 0.0297 e. The molecule has 1 aromatic heterocycles. The summed E-state index contributed by atoms with van der Waals surface area (Å²) in [5.41, 5.74) is 1.83. The molecule has 0 aromatic carbocycles. The average molecular weight is 206 g/mol. The van der Waals surface area contributed by atoms with Crippen LogP contribution in [0, 0.1) is 12.3 Å². The van der Waals surface area contributed by atoms with Gasteiger partial charge in [0.25, 0.3) is 0 Å². The number of aryl methyl sites for hydroxylation is 1. The van der Waals surface area contributed by atoms with E-state index in [1.165, 1.54) is 31.5 Å². The lowest BCUT2D eigenvalue weighted by Gasteiger charge is -2.29. The van der Waals surface area contributed by atoms with Crippen LogP contribution in [0.1, 0.15) is 32.3 Å². The molecule has 0 aliphatic carbocycles. The Bertz CT molecular complexity index is 259. The molecule has 1 aliphatic heterocycles. The molecule has 15 heavy (non-hydrogen) atoms. The number of hydrogen-bond acceptors (Lipinski definition) is 2. The maximum absolute atomic E-state index is 3.88. The first-order valence-electron chi connectivity index (χ1n) is 5.67. The first kappa shape index (κ1) is 12.2. The van der Waals surface area contributed by atoms with Gasteiger partial charge in [0.1, 0.15) is 0 Å². The molecular weight excluding hydrogens is 184 g/mol. The molecule has 0 saturated carbocycles. The number of nitrogens with one attached hydrogen (secondary N) is 1. The van der Waals surface area contributed by atoms with Crippen LogP contribution in [0.2, 0.25) is 0 Å². The topological polar surface area (TPSA) is 24.9 Å². The van der Waals surface area contributed by atoms with Gasteiger partial charge >= 0.3 is 0 Å². The van der Waals surface area contributed by atoms with Gasteiger partial charge in [0.15, 0.2) is 0 Å². The average Bonchev–Trinajstić information content (AvgIpc) is 2.19. The predicted octanol–water partition coefficient (Wildman–Crippen LogP) is 2.79. The summed E-state index contributed by atoms with van der Waals surface area (Å²) in [6.45, 7) is 9.13. The van der Waals surface area contributed by atoms with Crippen molar-refractivity contribution < 1.29 is 0 Å². The smallest absolute Gasteiger partial charge is 0.0297 e. The molecule has 0 bridgehead atoms. The predicted molar refractivity (Wildman–Crippen MR) is 64.9 cm³/mol. The number of hydrogen-bond donors (Lipinski definition) is 1. The van der Waals surface area contributed by atoms with E-state index in [-0.39, 0.29) is 0 Å².